The lowest BCUT2D eigenvalue weighted by Crippen LogP contribution is -2.38. The number of aromatic nitrogens is 4. The lowest BCUT2D eigenvalue weighted by Gasteiger charge is -2.31. The lowest BCUT2D eigenvalue weighted by atomic mass is 9.96. The van der Waals surface area contributed by atoms with E-state index >= 15 is 0 Å². The highest BCUT2D eigenvalue weighted by Crippen LogP contribution is 2.24. The van der Waals surface area contributed by atoms with Gasteiger partial charge in [-0.1, -0.05) is 0 Å². The van der Waals surface area contributed by atoms with E-state index in [4.69, 9.17) is 0 Å². The fourth-order valence-electron chi connectivity index (χ4n) is 2.41. The van der Waals surface area contributed by atoms with Crippen molar-refractivity contribution in [3.05, 3.63) is 29.3 Å². The van der Waals surface area contributed by atoms with Crippen LogP contribution in [-0.2, 0) is 4.79 Å². The van der Waals surface area contributed by atoms with Crippen LogP contribution in [0.15, 0.2) is 29.3 Å². The minimum absolute atomic E-state index is 0.00752. The number of nitrogens with one attached hydrogen (secondary N) is 2. The summed E-state index contributed by atoms with van der Waals surface area (Å²) in [7, 11) is 0. The number of carbonyl (C=O) groups is 1. The summed E-state index contributed by atoms with van der Waals surface area (Å²) in [6.45, 7) is 1.61. The zero-order valence-electron chi connectivity index (χ0n) is 11.3. The van der Waals surface area contributed by atoms with Gasteiger partial charge < -0.3 is 10.2 Å². The molecule has 0 atom stereocenters. The maximum atomic E-state index is 12.2. The molecule has 0 aromatic carbocycles. The molecular weight excluding hydrogens is 336 g/mol. The molecule has 21 heavy (non-hydrogen) atoms. The van der Waals surface area contributed by atoms with Crippen molar-refractivity contribution in [3.8, 4) is 0 Å². The average Bonchev–Trinajstić information content (AvgIpc) is 2.93. The van der Waals surface area contributed by atoms with E-state index in [1.807, 2.05) is 0 Å². The Labute approximate surface area is 130 Å². The third-order valence-electron chi connectivity index (χ3n) is 3.58. The number of hydrogen-bond acceptors (Lipinski definition) is 5. The number of hydrogen-bond donors (Lipinski definition) is 2. The van der Waals surface area contributed by atoms with Gasteiger partial charge in [-0.05, 0) is 28.8 Å². The molecule has 1 amide bonds. The molecule has 0 radical (unpaired) electrons. The number of halogens is 1. The van der Waals surface area contributed by atoms with E-state index in [9.17, 15) is 4.79 Å². The molecule has 1 aliphatic heterocycles. The van der Waals surface area contributed by atoms with Crippen molar-refractivity contribution >= 4 is 33.5 Å². The third kappa shape index (κ3) is 3.21. The predicted molar refractivity (Wildman–Crippen MR) is 81.9 cm³/mol. The number of piperidine rings is 1. The maximum absolute atomic E-state index is 12.2. The van der Waals surface area contributed by atoms with Crippen molar-refractivity contribution in [2.75, 3.05) is 23.3 Å². The molecule has 110 valence electrons. The van der Waals surface area contributed by atoms with Crippen LogP contribution in [0, 0.1) is 5.92 Å². The highest BCUT2D eigenvalue weighted by atomic mass is 79.9. The molecule has 1 aliphatic rings. The number of anilines is 2. The van der Waals surface area contributed by atoms with E-state index in [2.05, 4.69) is 46.3 Å². The minimum atomic E-state index is 0.00752. The molecule has 0 aliphatic carbocycles. The second-order valence-corrected chi connectivity index (χ2v) is 5.76. The summed E-state index contributed by atoms with van der Waals surface area (Å²) in [6, 6.07) is 0. The van der Waals surface area contributed by atoms with Crippen LogP contribution in [0.1, 0.15) is 12.8 Å². The van der Waals surface area contributed by atoms with Crippen molar-refractivity contribution in [1.29, 1.82) is 0 Å². The Bertz CT molecular complexity index is 608. The number of aromatic amines is 1. The highest BCUT2D eigenvalue weighted by molar-refractivity contribution is 9.10. The van der Waals surface area contributed by atoms with E-state index in [1.165, 1.54) is 0 Å². The Morgan fingerprint density at radius 1 is 1.33 bits per heavy atom. The molecule has 3 heterocycles. The van der Waals surface area contributed by atoms with E-state index in [1.54, 1.807) is 24.8 Å². The van der Waals surface area contributed by atoms with Crippen molar-refractivity contribution in [2.45, 2.75) is 12.8 Å². The molecule has 0 saturated carbocycles. The minimum Gasteiger partial charge on any atom is -0.355 e. The van der Waals surface area contributed by atoms with Crippen LogP contribution in [0.3, 0.4) is 0 Å². The van der Waals surface area contributed by atoms with E-state index < -0.39 is 0 Å². The number of nitrogens with zero attached hydrogens (tertiary/aromatic N) is 4. The summed E-state index contributed by atoms with van der Waals surface area (Å²) in [5.41, 5.74) is 0. The molecule has 0 spiro atoms. The van der Waals surface area contributed by atoms with Gasteiger partial charge >= 0.3 is 0 Å². The van der Waals surface area contributed by atoms with Gasteiger partial charge in [0.1, 0.15) is 11.6 Å². The van der Waals surface area contributed by atoms with Crippen molar-refractivity contribution in [2.24, 2.45) is 5.92 Å². The molecule has 0 bridgehead atoms. The summed E-state index contributed by atoms with van der Waals surface area (Å²) in [5, 5.41) is 9.48. The molecule has 3 rings (SSSR count). The third-order valence-corrected chi connectivity index (χ3v) is 4.18. The molecule has 1 saturated heterocycles. The van der Waals surface area contributed by atoms with Gasteiger partial charge in [-0.25, -0.2) is 4.98 Å². The molecule has 1 fully saturated rings. The van der Waals surface area contributed by atoms with Gasteiger partial charge in [0.25, 0.3) is 0 Å². The Hall–Kier alpha value is -1.96. The van der Waals surface area contributed by atoms with Gasteiger partial charge in [-0.3, -0.25) is 14.9 Å². The van der Waals surface area contributed by atoms with Gasteiger partial charge in [0.05, 0.1) is 16.9 Å². The van der Waals surface area contributed by atoms with E-state index in [0.29, 0.717) is 5.82 Å². The van der Waals surface area contributed by atoms with Crippen molar-refractivity contribution < 1.29 is 4.79 Å². The molecule has 2 aromatic heterocycles. The average molecular weight is 351 g/mol. The van der Waals surface area contributed by atoms with Gasteiger partial charge in [0.2, 0.25) is 5.91 Å². The zero-order valence-corrected chi connectivity index (χ0v) is 12.9. The fourth-order valence-corrected chi connectivity index (χ4v) is 2.70. The second-order valence-electron chi connectivity index (χ2n) is 4.91. The molecular formula is C13H15BrN6O. The van der Waals surface area contributed by atoms with Crippen LogP contribution in [0.5, 0.6) is 0 Å². The zero-order chi connectivity index (χ0) is 14.7. The number of amides is 1. The second kappa shape index (κ2) is 6.21. The fraction of sp³-hybridized carbons (Fsp3) is 0.385. The molecule has 2 N–H and O–H groups in total. The van der Waals surface area contributed by atoms with Crippen molar-refractivity contribution in [3.63, 3.8) is 0 Å². The number of H-pyrrole nitrogens is 1. The van der Waals surface area contributed by atoms with Crippen LogP contribution >= 0.6 is 15.9 Å². The predicted octanol–water partition coefficient (Wildman–Crippen LogP) is 1.82. The monoisotopic (exact) mass is 350 g/mol. The Balaban J connectivity index is 1.56. The van der Waals surface area contributed by atoms with Gasteiger partial charge in [0, 0.05) is 31.4 Å². The quantitative estimate of drug-likeness (QED) is 0.881. The highest BCUT2D eigenvalue weighted by Gasteiger charge is 2.26. The van der Waals surface area contributed by atoms with Crippen LogP contribution in [-0.4, -0.2) is 39.2 Å². The molecule has 7 nitrogen and oxygen atoms in total. The molecule has 0 unspecified atom stereocenters. The van der Waals surface area contributed by atoms with Crippen LogP contribution in [0.2, 0.25) is 0 Å². The number of carbonyl (C=O) groups excluding carboxylic acids is 1. The molecule has 8 heteroatoms. The van der Waals surface area contributed by atoms with Crippen LogP contribution in [0.25, 0.3) is 0 Å². The first-order valence-electron chi connectivity index (χ1n) is 6.75. The summed E-state index contributed by atoms with van der Waals surface area (Å²) in [4.78, 5) is 22.8. The summed E-state index contributed by atoms with van der Waals surface area (Å²) < 4.78 is 0.757. The summed E-state index contributed by atoms with van der Waals surface area (Å²) in [6.07, 6.45) is 8.31. The van der Waals surface area contributed by atoms with Crippen LogP contribution in [0.4, 0.5) is 11.6 Å². The maximum Gasteiger partial charge on any atom is 0.228 e. The first kappa shape index (κ1) is 14.0. The summed E-state index contributed by atoms with van der Waals surface area (Å²) >= 11 is 3.33. The van der Waals surface area contributed by atoms with E-state index in [0.717, 1.165) is 36.2 Å². The molecule has 2 aromatic rings. The smallest absolute Gasteiger partial charge is 0.228 e. The lowest BCUT2D eigenvalue weighted by molar-refractivity contribution is -0.120. The SMILES string of the molecule is O=C(Nc1[nH]ncc1Br)C1CCN(c2cnccn2)CC1. The Kier molecular flexibility index (Phi) is 4.14. The van der Waals surface area contributed by atoms with Gasteiger partial charge in [-0.2, -0.15) is 5.10 Å². The number of rotatable bonds is 3. The first-order chi connectivity index (χ1) is 10.2. The first-order valence-corrected chi connectivity index (χ1v) is 7.54. The van der Waals surface area contributed by atoms with Gasteiger partial charge in [0.15, 0.2) is 0 Å². The Morgan fingerprint density at radius 2 is 2.14 bits per heavy atom. The van der Waals surface area contributed by atoms with Gasteiger partial charge in [-0.15, -0.1) is 0 Å². The normalized spacial score (nSPS) is 16.0. The van der Waals surface area contributed by atoms with E-state index in [-0.39, 0.29) is 11.8 Å². The Morgan fingerprint density at radius 3 is 2.76 bits per heavy atom. The van der Waals surface area contributed by atoms with Crippen LogP contribution < -0.4 is 10.2 Å². The summed E-state index contributed by atoms with van der Waals surface area (Å²) in [5.74, 6) is 1.51. The topological polar surface area (TPSA) is 86.8 Å². The largest absolute Gasteiger partial charge is 0.355 e. The van der Waals surface area contributed by atoms with Crippen molar-refractivity contribution in [1.82, 2.24) is 20.2 Å². The standard InChI is InChI=1S/C13H15BrN6O/c14-10-7-17-19-12(10)18-13(21)9-1-5-20(6-2-9)11-8-15-3-4-16-11/h3-4,7-9H,1-2,5-6H2,(H2,17,18,19,21).